The zero-order valence-electron chi connectivity index (χ0n) is 19.5. The van der Waals surface area contributed by atoms with Gasteiger partial charge in [-0.3, -0.25) is 14.5 Å². The zero-order valence-corrected chi connectivity index (χ0v) is 21.1. The van der Waals surface area contributed by atoms with E-state index in [1.54, 1.807) is 35.2 Å². The average molecular weight is 543 g/mol. The highest BCUT2D eigenvalue weighted by Gasteiger charge is 2.36. The van der Waals surface area contributed by atoms with Crippen LogP contribution in [0, 0.1) is 0 Å². The van der Waals surface area contributed by atoms with Crippen LogP contribution in [0.25, 0.3) is 6.08 Å². The third-order valence-electron chi connectivity index (χ3n) is 5.49. The third-order valence-corrected chi connectivity index (χ3v) is 6.82. The van der Waals surface area contributed by atoms with E-state index in [2.05, 4.69) is 5.32 Å². The number of carbonyl (C=O) groups excluding carboxylic acids is 2. The van der Waals surface area contributed by atoms with Crippen LogP contribution >= 0.6 is 24.0 Å². The van der Waals surface area contributed by atoms with Crippen LogP contribution in [0.1, 0.15) is 29.7 Å². The van der Waals surface area contributed by atoms with E-state index in [0.29, 0.717) is 20.5 Å². The molecule has 1 atom stereocenters. The van der Waals surface area contributed by atoms with Gasteiger partial charge in [0.2, 0.25) is 0 Å². The van der Waals surface area contributed by atoms with Gasteiger partial charge in [0, 0.05) is 5.69 Å². The fourth-order valence-electron chi connectivity index (χ4n) is 3.66. The maximum atomic E-state index is 13.1. The number of ether oxygens (including phenoxy) is 1. The van der Waals surface area contributed by atoms with Crippen LogP contribution in [0.2, 0.25) is 0 Å². The van der Waals surface area contributed by atoms with Crippen LogP contribution < -0.4 is 10.1 Å². The standard InChI is InChI=1S/C27H21F3N2O3S2/c1-17(19-8-3-2-4-9-19)32-25(34)23(37-26(32)36)14-18-7-5-12-22(13-18)35-16-24(33)31-21-11-6-10-20(15-21)27(28,29)30/h2-15,17H,16H2,1H3,(H,31,33)/b23-14-/t17-/m0/s1. The lowest BCUT2D eigenvalue weighted by molar-refractivity contribution is -0.137. The van der Waals surface area contributed by atoms with Gasteiger partial charge >= 0.3 is 6.18 Å². The molecule has 0 bridgehead atoms. The summed E-state index contributed by atoms with van der Waals surface area (Å²) < 4.78 is 44.6. The van der Waals surface area contributed by atoms with Crippen LogP contribution in [0.4, 0.5) is 18.9 Å². The van der Waals surface area contributed by atoms with Crippen molar-refractivity contribution in [1.82, 2.24) is 4.90 Å². The van der Waals surface area contributed by atoms with Gasteiger partial charge in [0.15, 0.2) is 6.61 Å². The van der Waals surface area contributed by atoms with Crippen molar-refractivity contribution in [3.63, 3.8) is 0 Å². The molecule has 3 aromatic carbocycles. The Labute approximate surface area is 221 Å². The topological polar surface area (TPSA) is 58.6 Å². The Morgan fingerprint density at radius 1 is 1.08 bits per heavy atom. The summed E-state index contributed by atoms with van der Waals surface area (Å²) in [5.41, 5.74) is 0.800. The predicted octanol–water partition coefficient (Wildman–Crippen LogP) is 6.69. The Morgan fingerprint density at radius 3 is 2.54 bits per heavy atom. The minimum atomic E-state index is -4.51. The van der Waals surface area contributed by atoms with Gasteiger partial charge in [0.1, 0.15) is 10.1 Å². The highest BCUT2D eigenvalue weighted by atomic mass is 32.2. The fraction of sp³-hybridized carbons (Fsp3) is 0.148. The Hall–Kier alpha value is -3.63. The van der Waals surface area contributed by atoms with Crippen molar-refractivity contribution in [2.24, 2.45) is 0 Å². The summed E-state index contributed by atoms with van der Waals surface area (Å²) in [6.45, 7) is 1.51. The molecule has 1 aliphatic heterocycles. The predicted molar refractivity (Wildman–Crippen MR) is 142 cm³/mol. The molecular formula is C27H21F3N2O3S2. The van der Waals surface area contributed by atoms with Crippen molar-refractivity contribution in [3.05, 3.63) is 100 Å². The molecule has 3 aromatic rings. The molecule has 4 rings (SSSR count). The number of hydrogen-bond acceptors (Lipinski definition) is 5. The molecule has 0 aromatic heterocycles. The molecule has 1 saturated heterocycles. The van der Waals surface area contributed by atoms with Crippen molar-refractivity contribution >= 4 is 51.9 Å². The summed E-state index contributed by atoms with van der Waals surface area (Å²) in [5.74, 6) is -0.445. The molecule has 1 heterocycles. The summed E-state index contributed by atoms with van der Waals surface area (Å²) in [5, 5.41) is 2.39. The number of thiocarbonyl (C=S) groups is 1. The second kappa shape index (κ2) is 11.2. The number of anilines is 1. The van der Waals surface area contributed by atoms with Gasteiger partial charge in [-0.1, -0.05) is 72.5 Å². The van der Waals surface area contributed by atoms with Crippen LogP contribution in [0.5, 0.6) is 5.75 Å². The Morgan fingerprint density at radius 2 is 1.81 bits per heavy atom. The van der Waals surface area contributed by atoms with Crippen LogP contribution in [-0.4, -0.2) is 27.6 Å². The number of hydrogen-bond donors (Lipinski definition) is 1. The molecule has 2 amide bonds. The van der Waals surface area contributed by atoms with Gasteiger partial charge in [-0.25, -0.2) is 0 Å². The Balaban J connectivity index is 1.40. The second-order valence-electron chi connectivity index (χ2n) is 8.13. The number of amides is 2. The first-order valence-electron chi connectivity index (χ1n) is 11.1. The van der Waals surface area contributed by atoms with E-state index in [0.717, 1.165) is 17.7 Å². The molecule has 1 aliphatic rings. The minimum Gasteiger partial charge on any atom is -0.484 e. The fourth-order valence-corrected chi connectivity index (χ4v) is 5.08. The number of alkyl halides is 3. The SMILES string of the molecule is C[C@@H](c1ccccc1)N1C(=O)/C(=C/c2cccc(OCC(=O)Nc3cccc(C(F)(F)F)c3)c2)SC1=S. The molecule has 0 unspecified atom stereocenters. The summed E-state index contributed by atoms with van der Waals surface area (Å²) in [4.78, 5) is 27.3. The minimum absolute atomic E-state index is 0.0175. The van der Waals surface area contributed by atoms with Gasteiger partial charge in [0.05, 0.1) is 16.5 Å². The Kier molecular flexibility index (Phi) is 7.99. The van der Waals surface area contributed by atoms with E-state index in [9.17, 15) is 22.8 Å². The van der Waals surface area contributed by atoms with Gasteiger partial charge in [-0.05, 0) is 54.5 Å². The van der Waals surface area contributed by atoms with E-state index >= 15 is 0 Å². The third kappa shape index (κ3) is 6.58. The van der Waals surface area contributed by atoms with E-state index in [4.69, 9.17) is 17.0 Å². The number of nitrogens with zero attached hydrogens (tertiary/aromatic N) is 1. The summed E-state index contributed by atoms with van der Waals surface area (Å²) in [6.07, 6.45) is -2.81. The van der Waals surface area contributed by atoms with Crippen molar-refractivity contribution in [3.8, 4) is 5.75 Å². The molecule has 5 nitrogen and oxygen atoms in total. The van der Waals surface area contributed by atoms with Crippen molar-refractivity contribution in [1.29, 1.82) is 0 Å². The van der Waals surface area contributed by atoms with Gasteiger partial charge < -0.3 is 10.1 Å². The lowest BCUT2D eigenvalue weighted by Gasteiger charge is -2.23. The quantitative estimate of drug-likeness (QED) is 0.267. The summed E-state index contributed by atoms with van der Waals surface area (Å²) in [7, 11) is 0. The second-order valence-corrected chi connectivity index (χ2v) is 9.80. The van der Waals surface area contributed by atoms with E-state index < -0.39 is 24.3 Å². The largest absolute Gasteiger partial charge is 0.484 e. The monoisotopic (exact) mass is 542 g/mol. The molecule has 0 aliphatic carbocycles. The van der Waals surface area contributed by atoms with Crippen LogP contribution in [0.15, 0.2) is 83.8 Å². The first-order chi connectivity index (χ1) is 17.6. The highest BCUT2D eigenvalue weighted by Crippen LogP contribution is 2.38. The first kappa shape index (κ1) is 26.4. The lowest BCUT2D eigenvalue weighted by Crippen LogP contribution is -2.30. The molecule has 1 N–H and O–H groups in total. The van der Waals surface area contributed by atoms with E-state index in [1.807, 2.05) is 37.3 Å². The molecule has 0 saturated carbocycles. The van der Waals surface area contributed by atoms with Crippen molar-refractivity contribution in [2.45, 2.75) is 19.1 Å². The van der Waals surface area contributed by atoms with Crippen molar-refractivity contribution < 1.29 is 27.5 Å². The number of nitrogens with one attached hydrogen (secondary N) is 1. The normalized spacial score (nSPS) is 15.7. The van der Waals surface area contributed by atoms with Crippen LogP contribution in [-0.2, 0) is 15.8 Å². The van der Waals surface area contributed by atoms with Crippen LogP contribution in [0.3, 0.4) is 0 Å². The Bertz CT molecular complexity index is 1360. The molecule has 37 heavy (non-hydrogen) atoms. The van der Waals surface area contributed by atoms with Gasteiger partial charge in [-0.2, -0.15) is 13.2 Å². The number of benzene rings is 3. The average Bonchev–Trinajstić information content (AvgIpc) is 3.15. The zero-order chi connectivity index (χ0) is 26.6. The number of carbonyl (C=O) groups is 2. The molecule has 0 radical (unpaired) electrons. The summed E-state index contributed by atoms with van der Waals surface area (Å²) in [6, 6.07) is 20.5. The summed E-state index contributed by atoms with van der Waals surface area (Å²) >= 11 is 6.67. The smallest absolute Gasteiger partial charge is 0.416 e. The van der Waals surface area contributed by atoms with Gasteiger partial charge in [0.25, 0.3) is 11.8 Å². The highest BCUT2D eigenvalue weighted by molar-refractivity contribution is 8.26. The number of halogens is 3. The van der Waals surface area contributed by atoms with Gasteiger partial charge in [-0.15, -0.1) is 0 Å². The number of rotatable bonds is 7. The maximum absolute atomic E-state index is 13.1. The molecular weight excluding hydrogens is 521 g/mol. The molecule has 10 heteroatoms. The maximum Gasteiger partial charge on any atom is 0.416 e. The number of thioether (sulfide) groups is 1. The van der Waals surface area contributed by atoms with E-state index in [-0.39, 0.29) is 17.6 Å². The van der Waals surface area contributed by atoms with E-state index in [1.165, 1.54) is 23.9 Å². The molecule has 0 spiro atoms. The molecule has 190 valence electrons. The lowest BCUT2D eigenvalue weighted by atomic mass is 10.1. The van der Waals surface area contributed by atoms with Crippen molar-refractivity contribution in [2.75, 3.05) is 11.9 Å². The molecule has 1 fully saturated rings. The first-order valence-corrected chi connectivity index (χ1v) is 12.4.